The summed E-state index contributed by atoms with van der Waals surface area (Å²) in [6.45, 7) is 4.29. The molecule has 2 unspecified atom stereocenters. The third-order valence-corrected chi connectivity index (χ3v) is 4.61. The van der Waals surface area contributed by atoms with Crippen LogP contribution in [0.4, 0.5) is 0 Å². The topological polar surface area (TPSA) is 41.6 Å². The van der Waals surface area contributed by atoms with Gasteiger partial charge in [0.25, 0.3) is 5.91 Å². The van der Waals surface area contributed by atoms with E-state index in [-0.39, 0.29) is 5.91 Å². The van der Waals surface area contributed by atoms with Crippen LogP contribution in [-0.4, -0.2) is 43.6 Å². The Morgan fingerprint density at radius 3 is 2.91 bits per heavy atom. The molecule has 2 atom stereocenters. The largest absolute Gasteiger partial charge is 0.481 e. The molecular formula is C16H22Cl2N2O2. The van der Waals surface area contributed by atoms with Crippen LogP contribution in [0.2, 0.25) is 10.0 Å². The Morgan fingerprint density at radius 2 is 2.23 bits per heavy atom. The first-order valence-corrected chi connectivity index (χ1v) is 8.32. The van der Waals surface area contributed by atoms with Crippen LogP contribution < -0.4 is 10.1 Å². The predicted molar refractivity (Wildman–Crippen MR) is 89.8 cm³/mol. The van der Waals surface area contributed by atoms with Gasteiger partial charge in [0.05, 0.1) is 10.0 Å². The number of hydrogen-bond acceptors (Lipinski definition) is 3. The monoisotopic (exact) mass is 344 g/mol. The number of hydrogen-bond donors (Lipinski definition) is 1. The molecule has 1 N–H and O–H groups in total. The average molecular weight is 345 g/mol. The minimum absolute atomic E-state index is 0.0203. The second kappa shape index (κ2) is 8.04. The Kier molecular flexibility index (Phi) is 6.36. The van der Waals surface area contributed by atoms with E-state index in [4.69, 9.17) is 27.9 Å². The van der Waals surface area contributed by atoms with E-state index < -0.39 is 6.10 Å². The predicted octanol–water partition coefficient (Wildman–Crippen LogP) is 3.22. The van der Waals surface area contributed by atoms with Crippen LogP contribution in [0.3, 0.4) is 0 Å². The number of piperidine rings is 1. The van der Waals surface area contributed by atoms with Crippen LogP contribution in [0.1, 0.15) is 19.8 Å². The van der Waals surface area contributed by atoms with Crippen LogP contribution in [0.15, 0.2) is 18.2 Å². The smallest absolute Gasteiger partial charge is 0.263 e. The van der Waals surface area contributed by atoms with Crippen molar-refractivity contribution in [3.63, 3.8) is 0 Å². The third-order valence-electron chi connectivity index (χ3n) is 3.88. The van der Waals surface area contributed by atoms with E-state index in [1.807, 2.05) is 11.9 Å². The Balaban J connectivity index is 1.94. The molecule has 1 fully saturated rings. The quantitative estimate of drug-likeness (QED) is 0.891. The van der Waals surface area contributed by atoms with Crippen LogP contribution in [0, 0.1) is 5.92 Å². The van der Waals surface area contributed by atoms with Crippen molar-refractivity contribution in [2.45, 2.75) is 25.9 Å². The van der Waals surface area contributed by atoms with E-state index in [0.29, 0.717) is 21.7 Å². The van der Waals surface area contributed by atoms with Gasteiger partial charge in [-0.3, -0.25) is 4.79 Å². The summed E-state index contributed by atoms with van der Waals surface area (Å²) in [5, 5.41) is 4.07. The first-order valence-electron chi connectivity index (χ1n) is 7.56. The molecule has 122 valence electrons. The maximum atomic E-state index is 12.5. The van der Waals surface area contributed by atoms with Crippen molar-refractivity contribution in [2.24, 2.45) is 5.92 Å². The molecule has 2 rings (SSSR count). The van der Waals surface area contributed by atoms with E-state index in [1.54, 1.807) is 25.1 Å². The van der Waals surface area contributed by atoms with Gasteiger partial charge < -0.3 is 15.0 Å². The summed E-state index contributed by atoms with van der Waals surface area (Å²) < 4.78 is 5.71. The number of benzene rings is 1. The number of nitrogens with zero attached hydrogens (tertiary/aromatic N) is 1. The average Bonchev–Trinajstić information content (AvgIpc) is 2.51. The van der Waals surface area contributed by atoms with Crippen LogP contribution in [0.5, 0.6) is 5.75 Å². The van der Waals surface area contributed by atoms with E-state index in [9.17, 15) is 4.79 Å². The number of likely N-dealkylation sites (tertiary alicyclic amines) is 1. The fourth-order valence-corrected chi connectivity index (χ4v) is 3.07. The first-order chi connectivity index (χ1) is 10.5. The zero-order chi connectivity index (χ0) is 16.1. The van der Waals surface area contributed by atoms with E-state index in [0.717, 1.165) is 32.5 Å². The van der Waals surface area contributed by atoms with Crippen molar-refractivity contribution in [1.82, 2.24) is 10.2 Å². The Hall–Kier alpha value is -0.970. The van der Waals surface area contributed by atoms with Crippen molar-refractivity contribution in [2.75, 3.05) is 26.7 Å². The fourth-order valence-electron chi connectivity index (χ4n) is 2.78. The molecule has 0 radical (unpaired) electrons. The lowest BCUT2D eigenvalue weighted by Crippen LogP contribution is -2.47. The fraction of sp³-hybridized carbons (Fsp3) is 0.562. The van der Waals surface area contributed by atoms with Gasteiger partial charge in [-0.1, -0.05) is 23.2 Å². The molecule has 0 saturated carbocycles. The van der Waals surface area contributed by atoms with Gasteiger partial charge in [0.15, 0.2) is 6.10 Å². The summed E-state index contributed by atoms with van der Waals surface area (Å²) in [4.78, 5) is 14.4. The lowest BCUT2D eigenvalue weighted by molar-refractivity contribution is -0.139. The molecule has 0 aromatic heterocycles. The number of halogens is 2. The second-order valence-electron chi connectivity index (χ2n) is 5.69. The Labute approximate surface area is 141 Å². The minimum Gasteiger partial charge on any atom is -0.481 e. The number of carbonyl (C=O) groups excluding carboxylic acids is 1. The molecule has 1 aliphatic rings. The third kappa shape index (κ3) is 4.51. The molecule has 0 bridgehead atoms. The molecule has 0 aliphatic carbocycles. The molecule has 6 heteroatoms. The van der Waals surface area contributed by atoms with Crippen molar-refractivity contribution in [1.29, 1.82) is 0 Å². The summed E-state index contributed by atoms with van der Waals surface area (Å²) >= 11 is 11.8. The molecule has 1 saturated heterocycles. The molecule has 4 nitrogen and oxygen atoms in total. The lowest BCUT2D eigenvalue weighted by Gasteiger charge is -2.34. The molecule has 22 heavy (non-hydrogen) atoms. The molecule has 1 amide bonds. The van der Waals surface area contributed by atoms with Gasteiger partial charge in [-0.05, 0) is 51.4 Å². The summed E-state index contributed by atoms with van der Waals surface area (Å²) in [7, 11) is 1.94. The molecular weight excluding hydrogens is 323 g/mol. The SMILES string of the molecule is CNCC1CCCN(C(=O)C(C)Oc2ccc(Cl)c(Cl)c2)C1. The van der Waals surface area contributed by atoms with Gasteiger partial charge in [-0.15, -0.1) is 0 Å². The number of ether oxygens (including phenoxy) is 1. The molecule has 1 aromatic rings. The van der Waals surface area contributed by atoms with Crippen LogP contribution in [-0.2, 0) is 4.79 Å². The van der Waals surface area contributed by atoms with Crippen molar-refractivity contribution >= 4 is 29.1 Å². The minimum atomic E-state index is -0.537. The summed E-state index contributed by atoms with van der Waals surface area (Å²) in [6.07, 6.45) is 1.66. The zero-order valence-electron chi connectivity index (χ0n) is 12.9. The standard InChI is InChI=1S/C16H22Cl2N2O2/c1-11(22-13-5-6-14(17)15(18)8-13)16(21)20-7-3-4-12(10-20)9-19-2/h5-6,8,11-12,19H,3-4,7,9-10H2,1-2H3. The maximum absolute atomic E-state index is 12.5. The van der Waals surface area contributed by atoms with Crippen LogP contribution in [0.25, 0.3) is 0 Å². The number of nitrogens with one attached hydrogen (secondary N) is 1. The van der Waals surface area contributed by atoms with Gasteiger partial charge in [-0.25, -0.2) is 0 Å². The maximum Gasteiger partial charge on any atom is 0.263 e. The molecule has 1 aliphatic heterocycles. The molecule has 1 aromatic carbocycles. The van der Waals surface area contributed by atoms with Crippen molar-refractivity contribution in [3.05, 3.63) is 28.2 Å². The van der Waals surface area contributed by atoms with Gasteiger partial charge in [0.2, 0.25) is 0 Å². The highest BCUT2D eigenvalue weighted by atomic mass is 35.5. The number of amides is 1. The van der Waals surface area contributed by atoms with Crippen molar-refractivity contribution < 1.29 is 9.53 Å². The van der Waals surface area contributed by atoms with Gasteiger partial charge >= 0.3 is 0 Å². The van der Waals surface area contributed by atoms with E-state index in [1.165, 1.54) is 0 Å². The highest BCUT2D eigenvalue weighted by molar-refractivity contribution is 6.42. The normalized spacial score (nSPS) is 19.8. The first kappa shape index (κ1) is 17.4. The second-order valence-corrected chi connectivity index (χ2v) is 6.50. The van der Waals surface area contributed by atoms with E-state index in [2.05, 4.69) is 5.32 Å². The molecule has 1 heterocycles. The number of carbonyl (C=O) groups is 1. The van der Waals surface area contributed by atoms with E-state index >= 15 is 0 Å². The van der Waals surface area contributed by atoms with Gasteiger partial charge in [-0.2, -0.15) is 0 Å². The zero-order valence-corrected chi connectivity index (χ0v) is 14.5. The summed E-state index contributed by atoms with van der Waals surface area (Å²) in [5.41, 5.74) is 0. The Morgan fingerprint density at radius 1 is 1.45 bits per heavy atom. The summed E-state index contributed by atoms with van der Waals surface area (Å²) in [6, 6.07) is 5.02. The van der Waals surface area contributed by atoms with Gasteiger partial charge in [0, 0.05) is 19.2 Å². The summed E-state index contributed by atoms with van der Waals surface area (Å²) in [5.74, 6) is 1.09. The Bertz CT molecular complexity index is 523. The highest BCUT2D eigenvalue weighted by Crippen LogP contribution is 2.27. The molecule has 0 spiro atoms. The van der Waals surface area contributed by atoms with Crippen LogP contribution >= 0.6 is 23.2 Å². The van der Waals surface area contributed by atoms with Crippen molar-refractivity contribution in [3.8, 4) is 5.75 Å². The van der Waals surface area contributed by atoms with Gasteiger partial charge in [0.1, 0.15) is 5.75 Å². The lowest BCUT2D eigenvalue weighted by atomic mass is 9.97. The number of rotatable bonds is 5. The highest BCUT2D eigenvalue weighted by Gasteiger charge is 2.27.